The van der Waals surface area contributed by atoms with E-state index in [1.165, 1.54) is 4.90 Å². The average Bonchev–Trinajstić information content (AvgIpc) is 3.23. The van der Waals surface area contributed by atoms with Gasteiger partial charge in [0.25, 0.3) is 0 Å². The third-order valence-electron chi connectivity index (χ3n) is 5.97. The van der Waals surface area contributed by atoms with E-state index in [1.54, 1.807) is 6.92 Å². The summed E-state index contributed by atoms with van der Waals surface area (Å²) in [5, 5.41) is 24.1. The van der Waals surface area contributed by atoms with Gasteiger partial charge in [0.05, 0.1) is 12.6 Å². The quantitative estimate of drug-likeness (QED) is 0.295. The summed E-state index contributed by atoms with van der Waals surface area (Å²) < 4.78 is 0. The summed E-state index contributed by atoms with van der Waals surface area (Å²) in [6, 6.07) is -3.97. The Balaban J connectivity index is 2.91. The van der Waals surface area contributed by atoms with Crippen molar-refractivity contribution in [1.82, 2.24) is 15.5 Å². The van der Waals surface area contributed by atoms with E-state index >= 15 is 0 Å². The molecule has 10 heteroatoms. The zero-order chi connectivity index (χ0) is 23.0. The molecule has 1 fully saturated rings. The molecule has 172 valence electrons. The van der Waals surface area contributed by atoms with E-state index in [0.717, 1.165) is 0 Å². The number of nitrogens with one attached hydrogen (secondary N) is 2. The number of rotatable bonds is 11. The third kappa shape index (κ3) is 6.40. The van der Waals surface area contributed by atoms with Crippen LogP contribution in [0.25, 0.3) is 0 Å². The predicted molar refractivity (Wildman–Crippen MR) is 110 cm³/mol. The standard InChI is InChI=1S/C20H36N4O6/c1-5-11(3)15(21)17(26)23-16(12(4)6-2)18(27)22-13(10-25)19(28)24-9-7-8-14(24)20(29)30/h11-16,25H,5-10,21H2,1-4H3,(H,22,27)(H,23,26)(H,29,30). The number of carbonyl (C=O) groups is 4. The zero-order valence-electron chi connectivity index (χ0n) is 18.3. The van der Waals surface area contributed by atoms with Crippen LogP contribution >= 0.6 is 0 Å². The Bertz CT molecular complexity index is 628. The van der Waals surface area contributed by atoms with E-state index in [4.69, 9.17) is 5.73 Å². The van der Waals surface area contributed by atoms with Crippen LogP contribution in [0.1, 0.15) is 53.4 Å². The van der Waals surface area contributed by atoms with Crippen molar-refractivity contribution in [3.63, 3.8) is 0 Å². The molecular weight excluding hydrogens is 392 g/mol. The summed E-state index contributed by atoms with van der Waals surface area (Å²) >= 11 is 0. The second-order valence-corrected chi connectivity index (χ2v) is 8.05. The minimum Gasteiger partial charge on any atom is -0.480 e. The van der Waals surface area contributed by atoms with Crippen molar-refractivity contribution in [1.29, 1.82) is 0 Å². The Morgan fingerprint density at radius 3 is 2.17 bits per heavy atom. The normalized spacial score (nSPS) is 21.3. The Kier molecular flexibility index (Phi) is 10.2. The Morgan fingerprint density at radius 1 is 1.07 bits per heavy atom. The summed E-state index contributed by atoms with van der Waals surface area (Å²) in [5.41, 5.74) is 5.96. The van der Waals surface area contributed by atoms with Crippen molar-refractivity contribution < 1.29 is 29.4 Å². The van der Waals surface area contributed by atoms with Gasteiger partial charge in [0.15, 0.2) is 0 Å². The van der Waals surface area contributed by atoms with Gasteiger partial charge in [-0.2, -0.15) is 0 Å². The Labute approximate surface area is 177 Å². The Morgan fingerprint density at radius 2 is 1.67 bits per heavy atom. The minimum absolute atomic E-state index is 0.0690. The van der Waals surface area contributed by atoms with Crippen LogP contribution in [0.2, 0.25) is 0 Å². The van der Waals surface area contributed by atoms with E-state index in [0.29, 0.717) is 25.7 Å². The van der Waals surface area contributed by atoms with Crippen LogP contribution < -0.4 is 16.4 Å². The lowest BCUT2D eigenvalue weighted by molar-refractivity contribution is -0.150. The molecule has 1 aliphatic rings. The minimum atomic E-state index is -1.29. The number of aliphatic carboxylic acids is 1. The van der Waals surface area contributed by atoms with Crippen LogP contribution in [-0.2, 0) is 19.2 Å². The van der Waals surface area contributed by atoms with Gasteiger partial charge in [0.2, 0.25) is 17.7 Å². The van der Waals surface area contributed by atoms with Gasteiger partial charge in [-0.3, -0.25) is 14.4 Å². The number of likely N-dealkylation sites (tertiary alicyclic amines) is 1. The summed E-state index contributed by atoms with van der Waals surface area (Å²) in [6.07, 6.45) is 2.15. The largest absolute Gasteiger partial charge is 0.480 e. The van der Waals surface area contributed by atoms with E-state index in [9.17, 15) is 29.4 Å². The fourth-order valence-corrected chi connectivity index (χ4v) is 3.40. The van der Waals surface area contributed by atoms with Crippen molar-refractivity contribution in [3.8, 4) is 0 Å². The molecule has 6 unspecified atom stereocenters. The topological polar surface area (TPSA) is 162 Å². The van der Waals surface area contributed by atoms with Crippen molar-refractivity contribution in [2.45, 2.75) is 77.5 Å². The van der Waals surface area contributed by atoms with Crippen LogP contribution in [0, 0.1) is 11.8 Å². The average molecular weight is 429 g/mol. The number of carboxylic acids is 1. The van der Waals surface area contributed by atoms with E-state index in [-0.39, 0.29) is 18.4 Å². The highest BCUT2D eigenvalue weighted by Gasteiger charge is 2.38. The highest BCUT2D eigenvalue weighted by Crippen LogP contribution is 2.19. The maximum atomic E-state index is 12.9. The number of aliphatic hydroxyl groups is 1. The molecule has 3 amide bonds. The monoisotopic (exact) mass is 428 g/mol. The molecular formula is C20H36N4O6. The van der Waals surface area contributed by atoms with Gasteiger partial charge >= 0.3 is 5.97 Å². The number of nitrogens with two attached hydrogens (primary N) is 1. The van der Waals surface area contributed by atoms with Crippen LogP contribution in [0.15, 0.2) is 0 Å². The smallest absolute Gasteiger partial charge is 0.326 e. The van der Waals surface area contributed by atoms with Crippen molar-refractivity contribution in [2.75, 3.05) is 13.2 Å². The molecule has 0 aromatic carbocycles. The van der Waals surface area contributed by atoms with Gasteiger partial charge in [-0.15, -0.1) is 0 Å². The number of aliphatic hydroxyl groups excluding tert-OH is 1. The molecule has 1 heterocycles. The lowest BCUT2D eigenvalue weighted by Gasteiger charge is -2.30. The molecule has 1 aliphatic heterocycles. The van der Waals surface area contributed by atoms with Gasteiger partial charge in [-0.25, -0.2) is 4.79 Å². The van der Waals surface area contributed by atoms with E-state index in [2.05, 4.69) is 10.6 Å². The first-order valence-electron chi connectivity index (χ1n) is 10.6. The molecule has 1 saturated heterocycles. The number of hydrogen-bond acceptors (Lipinski definition) is 6. The molecule has 0 saturated carbocycles. The molecule has 0 spiro atoms. The molecule has 6 N–H and O–H groups in total. The fraction of sp³-hybridized carbons (Fsp3) is 0.800. The number of carbonyl (C=O) groups excluding carboxylic acids is 3. The summed E-state index contributed by atoms with van der Waals surface area (Å²) in [5.74, 6) is -3.16. The summed E-state index contributed by atoms with van der Waals surface area (Å²) in [7, 11) is 0. The number of carboxylic acid groups (broad SMARTS) is 1. The lowest BCUT2D eigenvalue weighted by Crippen LogP contribution is -2.60. The predicted octanol–water partition coefficient (Wildman–Crippen LogP) is -0.557. The molecule has 10 nitrogen and oxygen atoms in total. The zero-order valence-corrected chi connectivity index (χ0v) is 18.3. The molecule has 0 radical (unpaired) electrons. The highest BCUT2D eigenvalue weighted by atomic mass is 16.4. The molecule has 1 rings (SSSR count). The second kappa shape index (κ2) is 11.8. The highest BCUT2D eigenvalue weighted by molar-refractivity contribution is 5.94. The van der Waals surface area contributed by atoms with Gasteiger partial charge in [0, 0.05) is 6.54 Å². The van der Waals surface area contributed by atoms with Crippen LogP contribution in [0.5, 0.6) is 0 Å². The first-order valence-corrected chi connectivity index (χ1v) is 10.6. The van der Waals surface area contributed by atoms with Gasteiger partial charge in [0.1, 0.15) is 18.1 Å². The van der Waals surface area contributed by atoms with Gasteiger partial charge < -0.3 is 31.5 Å². The first-order chi connectivity index (χ1) is 14.1. The summed E-state index contributed by atoms with van der Waals surface area (Å²) in [4.78, 5) is 50.6. The fourth-order valence-electron chi connectivity index (χ4n) is 3.40. The molecule has 0 aromatic rings. The van der Waals surface area contributed by atoms with Crippen molar-refractivity contribution in [2.24, 2.45) is 17.6 Å². The van der Waals surface area contributed by atoms with Crippen molar-refractivity contribution in [3.05, 3.63) is 0 Å². The maximum Gasteiger partial charge on any atom is 0.326 e. The number of nitrogens with zero attached hydrogens (tertiary/aromatic N) is 1. The maximum absolute atomic E-state index is 12.9. The molecule has 6 atom stereocenters. The van der Waals surface area contributed by atoms with Crippen LogP contribution in [0.4, 0.5) is 0 Å². The number of hydrogen-bond donors (Lipinski definition) is 5. The van der Waals surface area contributed by atoms with E-state index in [1.807, 2.05) is 20.8 Å². The molecule has 0 aromatic heterocycles. The lowest BCUT2D eigenvalue weighted by atomic mass is 9.95. The molecule has 0 bridgehead atoms. The van der Waals surface area contributed by atoms with Gasteiger partial charge in [-0.05, 0) is 24.7 Å². The molecule has 0 aliphatic carbocycles. The van der Waals surface area contributed by atoms with Crippen molar-refractivity contribution >= 4 is 23.7 Å². The SMILES string of the molecule is CCC(C)C(N)C(=O)NC(C(=O)NC(CO)C(=O)N1CCCC1C(=O)O)C(C)CC. The summed E-state index contributed by atoms with van der Waals surface area (Å²) in [6.45, 7) is 6.98. The van der Waals surface area contributed by atoms with Gasteiger partial charge in [-0.1, -0.05) is 40.5 Å². The first kappa shape index (κ1) is 25.8. The second-order valence-electron chi connectivity index (χ2n) is 8.05. The van der Waals surface area contributed by atoms with Crippen LogP contribution in [-0.4, -0.2) is 76.1 Å². The number of amides is 3. The Hall–Kier alpha value is -2.20. The van der Waals surface area contributed by atoms with Crippen LogP contribution in [0.3, 0.4) is 0 Å². The molecule has 30 heavy (non-hydrogen) atoms. The third-order valence-corrected chi connectivity index (χ3v) is 5.97. The van der Waals surface area contributed by atoms with E-state index < -0.39 is 54.5 Å².